The molecule has 1 aliphatic rings. The number of amides is 2. The minimum absolute atomic E-state index is 0.0103. The number of piperidine rings is 1. The van der Waals surface area contributed by atoms with Gasteiger partial charge in [0.05, 0.1) is 11.7 Å². The van der Waals surface area contributed by atoms with Crippen molar-refractivity contribution in [3.05, 3.63) is 41.9 Å². The molecule has 0 unspecified atom stereocenters. The summed E-state index contributed by atoms with van der Waals surface area (Å²) < 4.78 is 0. The highest BCUT2D eigenvalue weighted by molar-refractivity contribution is 5.96. The zero-order valence-corrected chi connectivity index (χ0v) is 13.0. The van der Waals surface area contributed by atoms with Gasteiger partial charge in [-0.3, -0.25) is 14.7 Å². The first kappa shape index (κ1) is 15.2. The lowest BCUT2D eigenvalue weighted by Crippen LogP contribution is -2.38. The fraction of sp³-hybridized carbons (Fsp3) is 0.375. The van der Waals surface area contributed by atoms with Crippen LogP contribution in [0.5, 0.6) is 0 Å². The van der Waals surface area contributed by atoms with Gasteiger partial charge >= 0.3 is 0 Å². The van der Waals surface area contributed by atoms with Crippen LogP contribution < -0.4 is 5.32 Å². The first-order valence-electron chi connectivity index (χ1n) is 7.69. The molecule has 0 radical (unpaired) electrons. The molecule has 2 N–H and O–H groups in total. The van der Waals surface area contributed by atoms with Gasteiger partial charge in [0.1, 0.15) is 5.82 Å². The number of likely N-dealkylation sites (tertiary alicyclic amines) is 1. The van der Waals surface area contributed by atoms with Gasteiger partial charge in [-0.15, -0.1) is 0 Å². The van der Waals surface area contributed by atoms with Crippen LogP contribution >= 0.6 is 0 Å². The minimum Gasteiger partial charge on any atom is -0.330 e. The predicted molar refractivity (Wildman–Crippen MR) is 84.8 cm³/mol. The van der Waals surface area contributed by atoms with Gasteiger partial charge in [-0.1, -0.05) is 0 Å². The van der Waals surface area contributed by atoms with E-state index >= 15 is 0 Å². The van der Waals surface area contributed by atoms with Crippen molar-refractivity contribution < 1.29 is 9.59 Å². The molecule has 23 heavy (non-hydrogen) atoms. The number of H-pyrrole nitrogens is 1. The van der Waals surface area contributed by atoms with Crippen molar-refractivity contribution >= 4 is 17.6 Å². The van der Waals surface area contributed by atoms with Gasteiger partial charge in [0.25, 0.3) is 5.91 Å². The number of aromatic amines is 1. The molecule has 120 valence electrons. The van der Waals surface area contributed by atoms with Crippen LogP contribution in [0.1, 0.15) is 48.3 Å². The maximum atomic E-state index is 12.9. The Morgan fingerprint density at radius 3 is 2.91 bits per heavy atom. The SMILES string of the molecule is CC(=O)Nc1cc(C(=O)N2CCCC[C@@H]2c2ccn[nH]2)ccn1. The van der Waals surface area contributed by atoms with E-state index in [1.54, 1.807) is 18.3 Å². The fourth-order valence-corrected chi connectivity index (χ4v) is 2.93. The van der Waals surface area contributed by atoms with Gasteiger partial charge in [-0.05, 0) is 37.5 Å². The highest BCUT2D eigenvalue weighted by Gasteiger charge is 2.29. The van der Waals surface area contributed by atoms with Crippen LogP contribution in [0.3, 0.4) is 0 Å². The van der Waals surface area contributed by atoms with E-state index < -0.39 is 0 Å². The summed E-state index contributed by atoms with van der Waals surface area (Å²) in [7, 11) is 0. The molecule has 1 aliphatic heterocycles. The van der Waals surface area contributed by atoms with Crippen LogP contribution in [0.15, 0.2) is 30.6 Å². The van der Waals surface area contributed by atoms with Gasteiger partial charge in [0, 0.05) is 31.4 Å². The number of hydrogen-bond donors (Lipinski definition) is 2. The van der Waals surface area contributed by atoms with Gasteiger partial charge in [0.15, 0.2) is 0 Å². The Hall–Kier alpha value is -2.70. The molecule has 1 atom stereocenters. The van der Waals surface area contributed by atoms with Crippen molar-refractivity contribution in [2.24, 2.45) is 0 Å². The lowest BCUT2D eigenvalue weighted by Gasteiger charge is -2.35. The summed E-state index contributed by atoms with van der Waals surface area (Å²) in [5.41, 5.74) is 1.48. The van der Waals surface area contributed by atoms with Gasteiger partial charge in [-0.2, -0.15) is 5.10 Å². The van der Waals surface area contributed by atoms with Gasteiger partial charge < -0.3 is 10.2 Å². The molecule has 2 amide bonds. The molecule has 2 aromatic heterocycles. The van der Waals surface area contributed by atoms with E-state index in [2.05, 4.69) is 20.5 Å². The topological polar surface area (TPSA) is 91.0 Å². The van der Waals surface area contributed by atoms with Crippen molar-refractivity contribution in [2.45, 2.75) is 32.2 Å². The van der Waals surface area contributed by atoms with E-state index in [0.29, 0.717) is 17.9 Å². The molecule has 7 nitrogen and oxygen atoms in total. The fourth-order valence-electron chi connectivity index (χ4n) is 2.93. The Morgan fingerprint density at radius 1 is 1.30 bits per heavy atom. The Balaban J connectivity index is 1.84. The van der Waals surface area contributed by atoms with Crippen LogP contribution in [0.2, 0.25) is 0 Å². The highest BCUT2D eigenvalue weighted by atomic mass is 16.2. The molecule has 0 aromatic carbocycles. The number of pyridine rings is 1. The van der Waals surface area contributed by atoms with Crippen molar-refractivity contribution in [2.75, 3.05) is 11.9 Å². The molecular weight excluding hydrogens is 294 g/mol. The zero-order valence-electron chi connectivity index (χ0n) is 13.0. The quantitative estimate of drug-likeness (QED) is 0.908. The number of hydrogen-bond acceptors (Lipinski definition) is 4. The lowest BCUT2D eigenvalue weighted by molar-refractivity contribution is -0.114. The van der Waals surface area contributed by atoms with Crippen molar-refractivity contribution in [1.29, 1.82) is 0 Å². The number of nitrogens with one attached hydrogen (secondary N) is 2. The predicted octanol–water partition coefficient (Wildman–Crippen LogP) is 2.13. The van der Waals surface area contributed by atoms with Crippen LogP contribution in [0.4, 0.5) is 5.82 Å². The molecule has 1 saturated heterocycles. The molecule has 0 spiro atoms. The number of rotatable bonds is 3. The van der Waals surface area contributed by atoms with E-state index in [1.165, 1.54) is 13.1 Å². The van der Waals surface area contributed by atoms with E-state index in [1.807, 2.05) is 11.0 Å². The minimum atomic E-state index is -0.213. The van der Waals surface area contributed by atoms with Crippen LogP contribution in [-0.2, 0) is 4.79 Å². The summed E-state index contributed by atoms with van der Waals surface area (Å²) in [4.78, 5) is 30.0. The number of carbonyl (C=O) groups is 2. The smallest absolute Gasteiger partial charge is 0.254 e. The summed E-state index contributed by atoms with van der Waals surface area (Å²) in [6, 6.07) is 5.20. The van der Waals surface area contributed by atoms with Crippen molar-refractivity contribution in [3.8, 4) is 0 Å². The van der Waals surface area contributed by atoms with E-state index in [0.717, 1.165) is 25.0 Å². The van der Waals surface area contributed by atoms with Crippen LogP contribution in [0, 0.1) is 0 Å². The molecule has 7 heteroatoms. The van der Waals surface area contributed by atoms with Gasteiger partial charge in [-0.25, -0.2) is 4.98 Å². The number of anilines is 1. The second kappa shape index (κ2) is 6.60. The van der Waals surface area contributed by atoms with Crippen LogP contribution in [0.25, 0.3) is 0 Å². The third-order valence-electron chi connectivity index (χ3n) is 3.96. The second-order valence-corrected chi connectivity index (χ2v) is 5.63. The van der Waals surface area contributed by atoms with Crippen molar-refractivity contribution in [1.82, 2.24) is 20.1 Å². The molecule has 2 aromatic rings. The summed E-state index contributed by atoms with van der Waals surface area (Å²) in [6.45, 7) is 2.12. The maximum Gasteiger partial charge on any atom is 0.254 e. The average molecular weight is 313 g/mol. The normalized spacial score (nSPS) is 17.8. The van der Waals surface area contributed by atoms with Gasteiger partial charge in [0.2, 0.25) is 5.91 Å². The Labute approximate surface area is 134 Å². The number of aromatic nitrogens is 3. The number of carbonyl (C=O) groups excluding carboxylic acids is 2. The summed E-state index contributed by atoms with van der Waals surface area (Å²) in [6.07, 6.45) is 6.22. The molecule has 3 rings (SSSR count). The summed E-state index contributed by atoms with van der Waals surface area (Å²) >= 11 is 0. The van der Waals surface area contributed by atoms with E-state index in [4.69, 9.17) is 0 Å². The standard InChI is InChI=1S/C16H19N5O2/c1-11(22)19-15-10-12(5-7-17-15)16(23)21-9-3-2-4-14(21)13-6-8-18-20-13/h5-8,10,14H,2-4,9H2,1H3,(H,18,20)(H,17,19,22)/t14-/m1/s1. The van der Waals surface area contributed by atoms with E-state index in [9.17, 15) is 9.59 Å². The maximum absolute atomic E-state index is 12.9. The number of nitrogens with zero attached hydrogens (tertiary/aromatic N) is 3. The Bertz CT molecular complexity index is 698. The molecule has 0 saturated carbocycles. The first-order valence-corrected chi connectivity index (χ1v) is 7.69. The molecule has 0 bridgehead atoms. The average Bonchev–Trinajstić information content (AvgIpc) is 3.08. The Kier molecular flexibility index (Phi) is 4.36. The highest BCUT2D eigenvalue weighted by Crippen LogP contribution is 2.31. The summed E-state index contributed by atoms with van der Waals surface area (Å²) in [5, 5.41) is 9.56. The first-order chi connectivity index (χ1) is 11.1. The molecule has 1 fully saturated rings. The molecule has 3 heterocycles. The van der Waals surface area contributed by atoms with Crippen LogP contribution in [-0.4, -0.2) is 38.4 Å². The zero-order chi connectivity index (χ0) is 16.2. The monoisotopic (exact) mass is 313 g/mol. The third kappa shape index (κ3) is 3.39. The Morgan fingerprint density at radius 2 is 2.17 bits per heavy atom. The second-order valence-electron chi connectivity index (χ2n) is 5.63. The lowest BCUT2D eigenvalue weighted by atomic mass is 9.98. The third-order valence-corrected chi connectivity index (χ3v) is 3.96. The summed E-state index contributed by atoms with van der Waals surface area (Å²) in [5.74, 6) is 0.118. The molecule has 0 aliphatic carbocycles. The van der Waals surface area contributed by atoms with E-state index in [-0.39, 0.29) is 17.9 Å². The van der Waals surface area contributed by atoms with Crippen molar-refractivity contribution in [3.63, 3.8) is 0 Å². The largest absolute Gasteiger partial charge is 0.330 e. The molecular formula is C16H19N5O2.